The summed E-state index contributed by atoms with van der Waals surface area (Å²) in [5, 5.41) is 3.95. The van der Waals surface area contributed by atoms with Crippen LogP contribution in [0.15, 0.2) is 79.0 Å². The van der Waals surface area contributed by atoms with E-state index in [0.29, 0.717) is 12.1 Å². The van der Waals surface area contributed by atoms with E-state index >= 15 is 0 Å². The Labute approximate surface area is 180 Å². The first-order chi connectivity index (χ1) is 14.9. The van der Waals surface area contributed by atoms with Gasteiger partial charge < -0.3 is 15.2 Å². The molecule has 31 heavy (non-hydrogen) atoms. The second-order valence-corrected chi connectivity index (χ2v) is 8.44. The maximum Gasteiger partial charge on any atom is 0.255 e. The summed E-state index contributed by atoms with van der Waals surface area (Å²) in [5.74, 6) is -0.162. The number of fused-ring (bicyclic) bond motifs is 2. The van der Waals surface area contributed by atoms with E-state index in [1.54, 1.807) is 17.2 Å². The summed E-state index contributed by atoms with van der Waals surface area (Å²) in [4.78, 5) is 31.2. The zero-order valence-electron chi connectivity index (χ0n) is 17.5. The Morgan fingerprint density at radius 1 is 1.00 bits per heavy atom. The molecule has 0 radical (unpaired) electrons. The Hall–Kier alpha value is -3.86. The molecule has 0 bridgehead atoms. The molecule has 0 saturated heterocycles. The number of nitrogens with one attached hydrogen (secondary N) is 2. The third-order valence-corrected chi connectivity index (χ3v) is 6.02. The average Bonchev–Trinajstić information content (AvgIpc) is 3.27. The van der Waals surface area contributed by atoms with Gasteiger partial charge in [0.15, 0.2) is 0 Å². The second kappa shape index (κ2) is 7.13. The van der Waals surface area contributed by atoms with Gasteiger partial charge in [-0.2, -0.15) is 0 Å². The highest BCUT2D eigenvalue weighted by Crippen LogP contribution is 2.42. The van der Waals surface area contributed by atoms with Gasteiger partial charge in [0.2, 0.25) is 5.91 Å². The number of amides is 2. The molecule has 0 unspecified atom stereocenters. The van der Waals surface area contributed by atoms with Gasteiger partial charge in [-0.15, -0.1) is 0 Å². The molecule has 0 aliphatic carbocycles. The van der Waals surface area contributed by atoms with Crippen LogP contribution in [-0.4, -0.2) is 16.8 Å². The topological polar surface area (TPSA) is 65.2 Å². The Morgan fingerprint density at radius 3 is 2.55 bits per heavy atom. The maximum absolute atomic E-state index is 13.2. The molecule has 0 fully saturated rings. The lowest BCUT2D eigenvalue weighted by molar-refractivity contribution is -0.122. The lowest BCUT2D eigenvalue weighted by atomic mass is 9.86. The molecular weight excluding hydrogens is 386 g/mol. The molecule has 1 aromatic heterocycles. The Balaban J connectivity index is 1.48. The number of anilines is 2. The summed E-state index contributed by atoms with van der Waals surface area (Å²) in [7, 11) is 0. The molecule has 1 aliphatic heterocycles. The van der Waals surface area contributed by atoms with Crippen molar-refractivity contribution in [1.82, 2.24) is 4.98 Å². The van der Waals surface area contributed by atoms with Crippen molar-refractivity contribution in [2.45, 2.75) is 25.8 Å². The van der Waals surface area contributed by atoms with Gasteiger partial charge in [-0.1, -0.05) is 54.6 Å². The summed E-state index contributed by atoms with van der Waals surface area (Å²) in [6.07, 6.45) is 1.80. The molecule has 2 amide bonds. The van der Waals surface area contributed by atoms with Crippen molar-refractivity contribution in [2.75, 3.05) is 10.2 Å². The number of nitrogens with zero attached hydrogens (tertiary/aromatic N) is 1. The van der Waals surface area contributed by atoms with Crippen LogP contribution in [0.2, 0.25) is 0 Å². The lowest BCUT2D eigenvalue weighted by Gasteiger charge is -2.20. The molecule has 0 saturated carbocycles. The fourth-order valence-corrected chi connectivity index (χ4v) is 4.28. The van der Waals surface area contributed by atoms with Gasteiger partial charge >= 0.3 is 0 Å². The number of carbonyl (C=O) groups excluding carboxylic acids is 2. The largest absolute Gasteiger partial charge is 0.359 e. The quantitative estimate of drug-likeness (QED) is 0.484. The van der Waals surface area contributed by atoms with Crippen molar-refractivity contribution >= 4 is 34.1 Å². The minimum absolute atomic E-state index is 0.0422. The van der Waals surface area contributed by atoms with E-state index in [1.165, 1.54) is 0 Å². The first-order valence-electron chi connectivity index (χ1n) is 10.3. The molecule has 1 aliphatic rings. The van der Waals surface area contributed by atoms with E-state index in [4.69, 9.17) is 0 Å². The van der Waals surface area contributed by atoms with Crippen molar-refractivity contribution in [2.24, 2.45) is 0 Å². The molecule has 0 atom stereocenters. The smallest absolute Gasteiger partial charge is 0.255 e. The Morgan fingerprint density at radius 2 is 1.74 bits per heavy atom. The highest BCUT2D eigenvalue weighted by Gasteiger charge is 2.44. The summed E-state index contributed by atoms with van der Waals surface area (Å²) in [6, 6.07) is 23.3. The van der Waals surface area contributed by atoms with Crippen molar-refractivity contribution in [1.29, 1.82) is 0 Å². The number of hydrogen-bond acceptors (Lipinski definition) is 2. The predicted octanol–water partition coefficient (Wildman–Crippen LogP) is 5.24. The van der Waals surface area contributed by atoms with Crippen molar-refractivity contribution in [3.05, 3.63) is 95.7 Å². The van der Waals surface area contributed by atoms with Gasteiger partial charge in [0, 0.05) is 28.4 Å². The number of carbonyl (C=O) groups is 2. The van der Waals surface area contributed by atoms with E-state index < -0.39 is 5.41 Å². The third kappa shape index (κ3) is 3.19. The van der Waals surface area contributed by atoms with Crippen LogP contribution in [0.5, 0.6) is 0 Å². The monoisotopic (exact) mass is 409 g/mol. The second-order valence-electron chi connectivity index (χ2n) is 8.44. The van der Waals surface area contributed by atoms with Crippen LogP contribution in [0, 0.1) is 0 Å². The number of aromatic nitrogens is 1. The van der Waals surface area contributed by atoms with Crippen LogP contribution in [0.3, 0.4) is 0 Å². The van der Waals surface area contributed by atoms with E-state index in [0.717, 1.165) is 33.4 Å². The Kier molecular flexibility index (Phi) is 4.40. The lowest BCUT2D eigenvalue weighted by Crippen LogP contribution is -2.35. The standard InChI is InChI=1S/C26H23N3O2/c1-26(2)20-13-12-18(24(30)28-22-15-27-21-11-7-6-10-19(21)22)14-23(20)29(25(26)31)16-17-8-4-3-5-9-17/h3-15,27H,16H2,1-2H3,(H,28,30). The van der Waals surface area contributed by atoms with E-state index in [9.17, 15) is 9.59 Å². The first kappa shape index (κ1) is 19.1. The zero-order valence-corrected chi connectivity index (χ0v) is 17.5. The van der Waals surface area contributed by atoms with Gasteiger partial charge in [-0.3, -0.25) is 9.59 Å². The zero-order chi connectivity index (χ0) is 21.6. The number of aromatic amines is 1. The van der Waals surface area contributed by atoms with Gasteiger partial charge in [-0.05, 0) is 43.2 Å². The molecule has 5 rings (SSSR count). The van der Waals surface area contributed by atoms with Crippen molar-refractivity contribution in [3.63, 3.8) is 0 Å². The van der Waals surface area contributed by atoms with Crippen molar-refractivity contribution < 1.29 is 9.59 Å². The summed E-state index contributed by atoms with van der Waals surface area (Å²) in [5.41, 5.74) is 4.38. The summed E-state index contributed by atoms with van der Waals surface area (Å²) < 4.78 is 0. The van der Waals surface area contributed by atoms with Gasteiger partial charge in [0.25, 0.3) is 5.91 Å². The molecule has 5 nitrogen and oxygen atoms in total. The number of benzene rings is 3. The molecule has 154 valence electrons. The number of H-pyrrole nitrogens is 1. The molecule has 5 heteroatoms. The number of rotatable bonds is 4. The highest BCUT2D eigenvalue weighted by atomic mass is 16.2. The maximum atomic E-state index is 13.2. The number of para-hydroxylation sites is 1. The van der Waals surface area contributed by atoms with Crippen LogP contribution in [-0.2, 0) is 16.8 Å². The number of hydrogen-bond donors (Lipinski definition) is 2. The van der Waals surface area contributed by atoms with Crippen LogP contribution in [0.25, 0.3) is 10.9 Å². The molecule has 0 spiro atoms. The molecule has 4 aromatic rings. The fraction of sp³-hybridized carbons (Fsp3) is 0.154. The highest BCUT2D eigenvalue weighted by molar-refractivity contribution is 6.12. The summed E-state index contributed by atoms with van der Waals surface area (Å²) >= 11 is 0. The molecule has 2 heterocycles. The van der Waals surface area contributed by atoms with Crippen LogP contribution in [0.4, 0.5) is 11.4 Å². The first-order valence-corrected chi connectivity index (χ1v) is 10.3. The fourth-order valence-electron chi connectivity index (χ4n) is 4.28. The van der Waals surface area contributed by atoms with Gasteiger partial charge in [0.05, 0.1) is 17.6 Å². The minimum atomic E-state index is -0.629. The minimum Gasteiger partial charge on any atom is -0.359 e. The average molecular weight is 409 g/mol. The van der Waals surface area contributed by atoms with Gasteiger partial charge in [-0.25, -0.2) is 0 Å². The molecular formula is C26H23N3O2. The van der Waals surface area contributed by atoms with E-state index in [2.05, 4.69) is 10.3 Å². The summed E-state index contributed by atoms with van der Waals surface area (Å²) in [6.45, 7) is 4.35. The SMILES string of the molecule is CC1(C)C(=O)N(Cc2ccccc2)c2cc(C(=O)Nc3c[nH]c4ccccc34)ccc21. The normalized spacial score (nSPS) is 14.6. The van der Waals surface area contributed by atoms with E-state index in [-0.39, 0.29) is 11.8 Å². The Bertz CT molecular complexity index is 1300. The molecule has 3 aromatic carbocycles. The van der Waals surface area contributed by atoms with Crippen LogP contribution >= 0.6 is 0 Å². The predicted molar refractivity (Wildman–Crippen MR) is 123 cm³/mol. The van der Waals surface area contributed by atoms with Crippen LogP contribution in [0.1, 0.15) is 35.3 Å². The van der Waals surface area contributed by atoms with Gasteiger partial charge in [0.1, 0.15) is 0 Å². The third-order valence-electron chi connectivity index (χ3n) is 6.02. The molecule has 2 N–H and O–H groups in total. The van der Waals surface area contributed by atoms with Crippen molar-refractivity contribution in [3.8, 4) is 0 Å². The van der Waals surface area contributed by atoms with E-state index in [1.807, 2.05) is 80.6 Å². The van der Waals surface area contributed by atoms with Crippen LogP contribution < -0.4 is 10.2 Å².